The first-order valence-corrected chi connectivity index (χ1v) is 6.26. The van der Waals surface area contributed by atoms with Crippen molar-refractivity contribution in [1.29, 1.82) is 0 Å². The molecule has 0 saturated carbocycles. The predicted molar refractivity (Wildman–Crippen MR) is 73.0 cm³/mol. The van der Waals surface area contributed by atoms with Crippen LogP contribution in [0, 0.1) is 0 Å². The minimum Gasteiger partial charge on any atom is -0.399 e. The van der Waals surface area contributed by atoms with Gasteiger partial charge in [-0.3, -0.25) is 9.69 Å². The van der Waals surface area contributed by atoms with E-state index in [4.69, 9.17) is 5.73 Å². The minimum absolute atomic E-state index is 0.178. The monoisotopic (exact) mass is 247 g/mol. The number of hydrogen-bond donors (Lipinski definition) is 1. The van der Waals surface area contributed by atoms with Gasteiger partial charge in [0.15, 0.2) is 0 Å². The number of piperazine rings is 1. The Labute approximate surface area is 108 Å². The van der Waals surface area contributed by atoms with Gasteiger partial charge in [-0.25, -0.2) is 0 Å². The topological polar surface area (TPSA) is 49.6 Å². The summed E-state index contributed by atoms with van der Waals surface area (Å²) in [5.74, 6) is 0.178. The second-order valence-corrected chi connectivity index (χ2v) is 5.45. The van der Waals surface area contributed by atoms with Crippen LogP contribution in [0.2, 0.25) is 0 Å². The molecule has 0 radical (unpaired) electrons. The Morgan fingerprint density at radius 2 is 2.06 bits per heavy atom. The van der Waals surface area contributed by atoms with E-state index in [1.807, 2.05) is 39.1 Å². The number of anilines is 1. The average molecular weight is 247 g/mol. The van der Waals surface area contributed by atoms with Gasteiger partial charge in [0.25, 0.3) is 0 Å². The number of benzene rings is 1. The third-order valence-electron chi connectivity index (χ3n) is 3.69. The van der Waals surface area contributed by atoms with Crippen molar-refractivity contribution in [2.45, 2.75) is 25.9 Å². The van der Waals surface area contributed by atoms with Crippen molar-refractivity contribution in [2.24, 2.45) is 0 Å². The molecule has 98 valence electrons. The summed E-state index contributed by atoms with van der Waals surface area (Å²) in [5, 5.41) is 0. The first-order chi connectivity index (χ1) is 8.41. The summed E-state index contributed by atoms with van der Waals surface area (Å²) in [6, 6.07) is 7.85. The van der Waals surface area contributed by atoms with E-state index < -0.39 is 5.54 Å². The Morgan fingerprint density at radius 3 is 2.72 bits per heavy atom. The second-order valence-electron chi connectivity index (χ2n) is 5.45. The van der Waals surface area contributed by atoms with Crippen LogP contribution < -0.4 is 5.73 Å². The quantitative estimate of drug-likeness (QED) is 0.802. The van der Waals surface area contributed by atoms with E-state index in [9.17, 15) is 4.79 Å². The molecule has 18 heavy (non-hydrogen) atoms. The molecule has 1 aliphatic heterocycles. The molecule has 1 heterocycles. The molecule has 4 heteroatoms. The third-order valence-corrected chi connectivity index (χ3v) is 3.69. The maximum Gasteiger partial charge on any atom is 0.242 e. The number of nitrogens with zero attached hydrogens (tertiary/aromatic N) is 2. The summed E-state index contributed by atoms with van der Waals surface area (Å²) in [7, 11) is 1.86. The zero-order valence-electron chi connectivity index (χ0n) is 11.3. The van der Waals surface area contributed by atoms with Gasteiger partial charge in [-0.05, 0) is 31.5 Å². The minimum atomic E-state index is -0.447. The highest BCUT2D eigenvalue weighted by atomic mass is 16.2. The van der Waals surface area contributed by atoms with Crippen molar-refractivity contribution < 1.29 is 4.79 Å². The summed E-state index contributed by atoms with van der Waals surface area (Å²) in [4.78, 5) is 16.2. The van der Waals surface area contributed by atoms with E-state index in [2.05, 4.69) is 11.0 Å². The van der Waals surface area contributed by atoms with Crippen LogP contribution in [0.25, 0.3) is 0 Å². The maximum absolute atomic E-state index is 12.2. The van der Waals surface area contributed by atoms with Gasteiger partial charge in [-0.2, -0.15) is 0 Å². The Bertz CT molecular complexity index is 456. The van der Waals surface area contributed by atoms with Gasteiger partial charge >= 0.3 is 0 Å². The lowest BCUT2D eigenvalue weighted by Gasteiger charge is -2.44. The highest BCUT2D eigenvalue weighted by molar-refractivity contribution is 5.86. The summed E-state index contributed by atoms with van der Waals surface area (Å²) in [6.45, 7) is 6.40. The van der Waals surface area contributed by atoms with Crippen molar-refractivity contribution in [2.75, 3.05) is 25.9 Å². The zero-order valence-corrected chi connectivity index (χ0v) is 11.3. The lowest BCUT2D eigenvalue weighted by molar-refractivity contribution is -0.147. The van der Waals surface area contributed by atoms with E-state index in [-0.39, 0.29) is 5.91 Å². The van der Waals surface area contributed by atoms with Gasteiger partial charge in [0.2, 0.25) is 5.91 Å². The summed E-state index contributed by atoms with van der Waals surface area (Å²) < 4.78 is 0. The Kier molecular flexibility index (Phi) is 3.30. The molecule has 2 N–H and O–H groups in total. The van der Waals surface area contributed by atoms with Crippen molar-refractivity contribution in [3.8, 4) is 0 Å². The SMILES string of the molecule is CN1CCN(Cc2cccc(N)c2)C(C)(C)C1=O. The van der Waals surface area contributed by atoms with E-state index in [0.717, 1.165) is 30.9 Å². The van der Waals surface area contributed by atoms with Crippen molar-refractivity contribution in [3.63, 3.8) is 0 Å². The maximum atomic E-state index is 12.2. The molecular formula is C14H21N3O. The fourth-order valence-electron chi connectivity index (χ4n) is 2.44. The van der Waals surface area contributed by atoms with E-state index in [1.165, 1.54) is 0 Å². The molecule has 0 spiro atoms. The first-order valence-electron chi connectivity index (χ1n) is 6.26. The Hall–Kier alpha value is -1.55. The van der Waals surface area contributed by atoms with Crippen LogP contribution in [0.1, 0.15) is 19.4 Å². The van der Waals surface area contributed by atoms with Crippen molar-refractivity contribution in [3.05, 3.63) is 29.8 Å². The number of hydrogen-bond acceptors (Lipinski definition) is 3. The van der Waals surface area contributed by atoms with Crippen LogP contribution in [-0.4, -0.2) is 41.4 Å². The standard InChI is InChI=1S/C14H21N3O/c1-14(2)13(18)16(3)7-8-17(14)10-11-5-4-6-12(15)9-11/h4-6,9H,7-8,10,15H2,1-3H3. The van der Waals surface area contributed by atoms with Crippen molar-refractivity contribution in [1.82, 2.24) is 9.80 Å². The van der Waals surface area contributed by atoms with Gasteiger partial charge in [0, 0.05) is 32.4 Å². The summed E-state index contributed by atoms with van der Waals surface area (Å²) in [5.41, 5.74) is 7.26. The molecule has 0 bridgehead atoms. The van der Waals surface area contributed by atoms with Crippen LogP contribution >= 0.6 is 0 Å². The molecule has 1 fully saturated rings. The number of likely N-dealkylation sites (N-methyl/N-ethyl adjacent to an activating group) is 1. The molecule has 1 amide bonds. The van der Waals surface area contributed by atoms with Gasteiger partial charge in [0.05, 0.1) is 5.54 Å². The van der Waals surface area contributed by atoms with Crippen LogP contribution in [0.3, 0.4) is 0 Å². The number of nitrogen functional groups attached to an aromatic ring is 1. The number of rotatable bonds is 2. The van der Waals surface area contributed by atoms with E-state index >= 15 is 0 Å². The van der Waals surface area contributed by atoms with Gasteiger partial charge in [-0.1, -0.05) is 12.1 Å². The third kappa shape index (κ3) is 2.34. The Morgan fingerprint density at radius 1 is 1.33 bits per heavy atom. The molecule has 0 atom stereocenters. The lowest BCUT2D eigenvalue weighted by Crippen LogP contribution is -2.61. The van der Waals surface area contributed by atoms with Crippen LogP contribution in [0.4, 0.5) is 5.69 Å². The van der Waals surface area contributed by atoms with Crippen molar-refractivity contribution >= 4 is 11.6 Å². The molecule has 2 rings (SSSR count). The summed E-state index contributed by atoms with van der Waals surface area (Å²) >= 11 is 0. The van der Waals surface area contributed by atoms with Crippen LogP contribution in [0.15, 0.2) is 24.3 Å². The van der Waals surface area contributed by atoms with Gasteiger partial charge in [-0.15, -0.1) is 0 Å². The molecule has 0 unspecified atom stereocenters. The molecule has 1 aliphatic rings. The lowest BCUT2D eigenvalue weighted by atomic mass is 9.97. The largest absolute Gasteiger partial charge is 0.399 e. The first kappa shape index (κ1) is 12.9. The summed E-state index contributed by atoms with van der Waals surface area (Å²) in [6.07, 6.45) is 0. The average Bonchev–Trinajstić information content (AvgIpc) is 2.31. The number of nitrogens with two attached hydrogens (primary N) is 1. The Balaban J connectivity index is 2.16. The molecule has 1 saturated heterocycles. The second kappa shape index (κ2) is 4.61. The number of amides is 1. The van der Waals surface area contributed by atoms with E-state index in [1.54, 1.807) is 4.90 Å². The molecular weight excluding hydrogens is 226 g/mol. The predicted octanol–water partition coefficient (Wildman–Crippen LogP) is 1.32. The highest BCUT2D eigenvalue weighted by Gasteiger charge is 2.40. The number of carbonyl (C=O) groups is 1. The molecule has 0 aliphatic carbocycles. The van der Waals surface area contributed by atoms with Crippen LogP contribution in [0.5, 0.6) is 0 Å². The molecule has 0 aromatic heterocycles. The molecule has 4 nitrogen and oxygen atoms in total. The fraction of sp³-hybridized carbons (Fsp3) is 0.500. The van der Waals surface area contributed by atoms with Crippen LogP contribution in [-0.2, 0) is 11.3 Å². The smallest absolute Gasteiger partial charge is 0.242 e. The fourth-order valence-corrected chi connectivity index (χ4v) is 2.44. The van der Waals surface area contributed by atoms with E-state index in [0.29, 0.717) is 0 Å². The van der Waals surface area contributed by atoms with Gasteiger partial charge < -0.3 is 10.6 Å². The normalized spacial score (nSPS) is 20.2. The van der Waals surface area contributed by atoms with Gasteiger partial charge in [0.1, 0.15) is 0 Å². The highest BCUT2D eigenvalue weighted by Crippen LogP contribution is 2.24. The molecule has 1 aromatic rings. The number of carbonyl (C=O) groups excluding carboxylic acids is 1. The molecule has 1 aromatic carbocycles. The zero-order chi connectivity index (χ0) is 13.3.